The highest BCUT2D eigenvalue weighted by molar-refractivity contribution is 5.33. The zero-order valence-corrected chi connectivity index (χ0v) is 15.7. The summed E-state index contributed by atoms with van der Waals surface area (Å²) in [5.74, 6) is -2.06. The van der Waals surface area contributed by atoms with Gasteiger partial charge in [0.05, 0.1) is 19.3 Å². The highest BCUT2D eigenvalue weighted by Crippen LogP contribution is 2.37. The molecule has 2 aromatic rings. The molecule has 27 heavy (non-hydrogen) atoms. The average molecular weight is 378 g/mol. The van der Waals surface area contributed by atoms with Crippen LogP contribution in [-0.4, -0.2) is 12.7 Å². The van der Waals surface area contributed by atoms with Crippen LogP contribution in [0.15, 0.2) is 30.3 Å². The molecule has 0 heterocycles. The molecule has 1 aliphatic rings. The molecule has 1 saturated carbocycles. The van der Waals surface area contributed by atoms with Crippen LogP contribution in [0.4, 0.5) is 13.2 Å². The van der Waals surface area contributed by atoms with Gasteiger partial charge in [0, 0.05) is 5.56 Å². The van der Waals surface area contributed by atoms with Gasteiger partial charge < -0.3 is 9.47 Å². The van der Waals surface area contributed by atoms with E-state index < -0.39 is 11.6 Å². The third kappa shape index (κ3) is 4.64. The fraction of sp³-hybridized carbons (Fsp3) is 0.455. The first-order chi connectivity index (χ1) is 13.0. The summed E-state index contributed by atoms with van der Waals surface area (Å²) in [5.41, 5.74) is 1.82. The fourth-order valence-corrected chi connectivity index (χ4v) is 3.65. The summed E-state index contributed by atoms with van der Waals surface area (Å²) < 4.78 is 53.3. The van der Waals surface area contributed by atoms with Crippen LogP contribution < -0.4 is 4.74 Å². The summed E-state index contributed by atoms with van der Waals surface area (Å²) in [5, 5.41) is 0. The first-order valence-electron chi connectivity index (χ1n) is 9.47. The maximum Gasteiger partial charge on any atom is 0.200 e. The van der Waals surface area contributed by atoms with Gasteiger partial charge in [0.1, 0.15) is 5.82 Å². The van der Waals surface area contributed by atoms with E-state index in [9.17, 15) is 13.2 Å². The zero-order valence-electron chi connectivity index (χ0n) is 15.7. The largest absolute Gasteiger partial charge is 0.491 e. The lowest BCUT2D eigenvalue weighted by molar-refractivity contribution is 0.0118. The molecule has 5 heteroatoms. The molecule has 1 fully saturated rings. The van der Waals surface area contributed by atoms with Crippen LogP contribution in [-0.2, 0) is 11.3 Å². The second-order valence-corrected chi connectivity index (χ2v) is 7.09. The summed E-state index contributed by atoms with van der Waals surface area (Å²) in [6.45, 7) is 4.10. The van der Waals surface area contributed by atoms with Crippen molar-refractivity contribution in [2.45, 2.75) is 58.2 Å². The van der Waals surface area contributed by atoms with Crippen LogP contribution in [0.5, 0.6) is 5.75 Å². The molecule has 0 atom stereocenters. The molecule has 2 aromatic carbocycles. The van der Waals surface area contributed by atoms with Gasteiger partial charge in [-0.15, -0.1) is 0 Å². The number of benzene rings is 2. The molecule has 1 aliphatic carbocycles. The Morgan fingerprint density at radius 1 is 0.963 bits per heavy atom. The molecule has 146 valence electrons. The number of hydrogen-bond acceptors (Lipinski definition) is 2. The molecule has 0 unspecified atom stereocenters. The van der Waals surface area contributed by atoms with E-state index in [4.69, 9.17) is 9.47 Å². The molecular formula is C22H25F3O2. The monoisotopic (exact) mass is 378 g/mol. The van der Waals surface area contributed by atoms with E-state index in [0.717, 1.165) is 18.4 Å². The number of halogens is 3. The molecule has 0 N–H and O–H groups in total. The predicted octanol–water partition coefficient (Wildman–Crippen LogP) is 6.05. The summed E-state index contributed by atoms with van der Waals surface area (Å²) >= 11 is 0. The van der Waals surface area contributed by atoms with Crippen LogP contribution >= 0.6 is 0 Å². The summed E-state index contributed by atoms with van der Waals surface area (Å²) in [7, 11) is 0. The minimum absolute atomic E-state index is 0.0116. The Morgan fingerprint density at radius 2 is 1.70 bits per heavy atom. The van der Waals surface area contributed by atoms with Gasteiger partial charge in [-0.1, -0.05) is 18.2 Å². The first kappa shape index (κ1) is 19.7. The highest BCUT2D eigenvalue weighted by atomic mass is 19.2. The van der Waals surface area contributed by atoms with Gasteiger partial charge in [0.15, 0.2) is 11.6 Å². The Labute approximate surface area is 158 Å². The number of rotatable bonds is 6. The standard InChI is InChI=1S/C22H25F3O2/c1-3-26-20-11-10-18(21(24)22(20)25)15-6-8-17(9-7-15)27-13-16-5-4-14(2)12-19(16)23/h4-5,10-12,15,17H,3,6-9,13H2,1-2H3. The molecule has 0 amide bonds. The Kier molecular flexibility index (Phi) is 6.42. The Morgan fingerprint density at radius 3 is 2.37 bits per heavy atom. The van der Waals surface area contributed by atoms with Gasteiger partial charge in [0.2, 0.25) is 5.82 Å². The molecule has 0 bridgehead atoms. The summed E-state index contributed by atoms with van der Waals surface area (Å²) in [4.78, 5) is 0. The van der Waals surface area contributed by atoms with E-state index in [1.165, 1.54) is 12.1 Å². The van der Waals surface area contributed by atoms with Crippen molar-refractivity contribution in [3.05, 3.63) is 64.5 Å². The highest BCUT2D eigenvalue weighted by Gasteiger charge is 2.27. The van der Waals surface area contributed by atoms with E-state index >= 15 is 0 Å². The lowest BCUT2D eigenvalue weighted by Gasteiger charge is -2.29. The van der Waals surface area contributed by atoms with Crippen molar-refractivity contribution < 1.29 is 22.6 Å². The average Bonchev–Trinajstić information content (AvgIpc) is 2.66. The maximum absolute atomic E-state index is 14.4. The second-order valence-electron chi connectivity index (χ2n) is 7.09. The summed E-state index contributed by atoms with van der Waals surface area (Å²) in [6.07, 6.45) is 2.92. The van der Waals surface area contributed by atoms with Crippen molar-refractivity contribution in [2.24, 2.45) is 0 Å². The first-order valence-corrected chi connectivity index (χ1v) is 9.47. The lowest BCUT2D eigenvalue weighted by atomic mass is 9.82. The lowest BCUT2D eigenvalue weighted by Crippen LogP contribution is -2.21. The minimum Gasteiger partial charge on any atom is -0.491 e. The normalized spacial score (nSPS) is 19.9. The molecule has 3 rings (SSSR count). The third-order valence-corrected chi connectivity index (χ3v) is 5.17. The van der Waals surface area contributed by atoms with E-state index in [-0.39, 0.29) is 30.2 Å². The molecule has 0 aliphatic heterocycles. The molecule has 0 saturated heterocycles. The topological polar surface area (TPSA) is 18.5 Å². The van der Waals surface area contributed by atoms with E-state index in [2.05, 4.69) is 0 Å². The smallest absolute Gasteiger partial charge is 0.200 e. The van der Waals surface area contributed by atoms with Crippen LogP contribution in [0.3, 0.4) is 0 Å². The van der Waals surface area contributed by atoms with E-state index in [0.29, 0.717) is 30.6 Å². The van der Waals surface area contributed by atoms with Gasteiger partial charge >= 0.3 is 0 Å². The van der Waals surface area contributed by atoms with Crippen molar-refractivity contribution in [1.29, 1.82) is 0 Å². The SMILES string of the molecule is CCOc1ccc(C2CCC(OCc3ccc(C)cc3F)CC2)c(F)c1F. The molecule has 0 spiro atoms. The number of hydrogen-bond donors (Lipinski definition) is 0. The van der Waals surface area contributed by atoms with Crippen LogP contribution in [0.25, 0.3) is 0 Å². The van der Waals surface area contributed by atoms with Crippen molar-refractivity contribution in [1.82, 2.24) is 0 Å². The Balaban J connectivity index is 1.56. The maximum atomic E-state index is 14.4. The molecular weight excluding hydrogens is 353 g/mol. The van der Waals surface area contributed by atoms with Crippen LogP contribution in [0, 0.1) is 24.4 Å². The molecule has 2 nitrogen and oxygen atoms in total. The Hall–Kier alpha value is -2.01. The van der Waals surface area contributed by atoms with Gasteiger partial charge in [-0.3, -0.25) is 0 Å². The van der Waals surface area contributed by atoms with Crippen LogP contribution in [0.2, 0.25) is 0 Å². The Bertz CT molecular complexity index is 783. The van der Waals surface area contributed by atoms with Gasteiger partial charge in [0.25, 0.3) is 0 Å². The third-order valence-electron chi connectivity index (χ3n) is 5.17. The van der Waals surface area contributed by atoms with Crippen molar-refractivity contribution in [2.75, 3.05) is 6.61 Å². The molecule has 0 radical (unpaired) electrons. The number of aryl methyl sites for hydroxylation is 1. The van der Waals surface area contributed by atoms with Crippen molar-refractivity contribution >= 4 is 0 Å². The zero-order chi connectivity index (χ0) is 19.4. The number of ether oxygens (including phenoxy) is 2. The minimum atomic E-state index is -0.914. The predicted molar refractivity (Wildman–Crippen MR) is 98.5 cm³/mol. The van der Waals surface area contributed by atoms with Gasteiger partial charge in [-0.2, -0.15) is 4.39 Å². The van der Waals surface area contributed by atoms with E-state index in [1.807, 2.05) is 13.0 Å². The molecule has 0 aromatic heterocycles. The summed E-state index contributed by atoms with van der Waals surface area (Å²) in [6, 6.07) is 8.23. The van der Waals surface area contributed by atoms with Crippen molar-refractivity contribution in [3.63, 3.8) is 0 Å². The van der Waals surface area contributed by atoms with Crippen LogP contribution in [0.1, 0.15) is 55.2 Å². The second kappa shape index (κ2) is 8.79. The fourth-order valence-electron chi connectivity index (χ4n) is 3.65. The quantitative estimate of drug-likeness (QED) is 0.609. The van der Waals surface area contributed by atoms with Gasteiger partial charge in [-0.25, -0.2) is 8.78 Å². The van der Waals surface area contributed by atoms with Gasteiger partial charge in [-0.05, 0) is 68.7 Å². The van der Waals surface area contributed by atoms with Crippen molar-refractivity contribution in [3.8, 4) is 5.75 Å². The van der Waals surface area contributed by atoms with E-state index in [1.54, 1.807) is 19.1 Å².